The number of thioether (sulfide) groups is 1. The Morgan fingerprint density at radius 2 is 2.04 bits per heavy atom. The molecule has 27 heavy (non-hydrogen) atoms. The summed E-state index contributed by atoms with van der Waals surface area (Å²) in [5.74, 6) is 0.160. The molecule has 0 saturated carbocycles. The lowest BCUT2D eigenvalue weighted by Gasteiger charge is -2.15. The third-order valence-electron chi connectivity index (χ3n) is 4.59. The van der Waals surface area contributed by atoms with Crippen molar-refractivity contribution in [3.8, 4) is 0 Å². The van der Waals surface area contributed by atoms with Gasteiger partial charge in [-0.15, -0.1) is 0 Å². The van der Waals surface area contributed by atoms with Crippen LogP contribution < -0.4 is 11.0 Å². The van der Waals surface area contributed by atoms with Crippen LogP contribution in [0, 0.1) is 0 Å². The van der Waals surface area contributed by atoms with E-state index in [4.69, 9.17) is 0 Å². The molecule has 1 aliphatic carbocycles. The standard InChI is InChI=1S/C20H26N4O2S/c1-23(2)12-7-13-24-17-11-6-10-16(17)19(22-20(24)26)27-14-18(25)21-15-8-4-3-5-9-15/h3-5,8-9H,6-7,10-14H2,1-2H3,(H,21,25). The van der Waals surface area contributed by atoms with E-state index in [2.05, 4.69) is 15.2 Å². The van der Waals surface area contributed by atoms with Crippen molar-refractivity contribution in [2.75, 3.05) is 31.7 Å². The molecular weight excluding hydrogens is 360 g/mol. The molecule has 1 amide bonds. The molecule has 1 aromatic heterocycles. The first-order valence-corrected chi connectivity index (χ1v) is 10.3. The fourth-order valence-electron chi connectivity index (χ4n) is 3.33. The van der Waals surface area contributed by atoms with Crippen LogP contribution in [0.1, 0.15) is 24.1 Å². The van der Waals surface area contributed by atoms with Crippen molar-refractivity contribution in [1.82, 2.24) is 14.5 Å². The number of benzene rings is 1. The highest BCUT2D eigenvalue weighted by atomic mass is 32.2. The summed E-state index contributed by atoms with van der Waals surface area (Å²) < 4.78 is 1.83. The lowest BCUT2D eigenvalue weighted by Crippen LogP contribution is -2.29. The Morgan fingerprint density at radius 1 is 1.26 bits per heavy atom. The maximum atomic E-state index is 12.5. The van der Waals surface area contributed by atoms with E-state index in [1.165, 1.54) is 11.8 Å². The maximum absolute atomic E-state index is 12.5. The van der Waals surface area contributed by atoms with Crippen LogP contribution in [0.25, 0.3) is 0 Å². The molecule has 2 aromatic rings. The molecule has 0 bridgehead atoms. The zero-order chi connectivity index (χ0) is 19.2. The summed E-state index contributed by atoms with van der Waals surface area (Å²) in [6, 6.07) is 9.38. The fourth-order valence-corrected chi connectivity index (χ4v) is 4.21. The van der Waals surface area contributed by atoms with Crippen LogP contribution in [0.3, 0.4) is 0 Å². The number of amides is 1. The van der Waals surface area contributed by atoms with E-state index in [1.54, 1.807) is 0 Å². The predicted molar refractivity (Wildman–Crippen MR) is 109 cm³/mol. The molecule has 7 heteroatoms. The minimum Gasteiger partial charge on any atom is -0.325 e. The molecule has 0 fully saturated rings. The number of carbonyl (C=O) groups excluding carboxylic acids is 1. The van der Waals surface area contributed by atoms with Gasteiger partial charge in [-0.3, -0.25) is 9.36 Å². The van der Waals surface area contributed by atoms with Crippen molar-refractivity contribution < 1.29 is 4.79 Å². The monoisotopic (exact) mass is 386 g/mol. The van der Waals surface area contributed by atoms with Gasteiger partial charge in [-0.25, -0.2) is 4.79 Å². The molecule has 1 N–H and O–H groups in total. The minimum atomic E-state index is -0.194. The van der Waals surface area contributed by atoms with Gasteiger partial charge in [0.1, 0.15) is 5.03 Å². The van der Waals surface area contributed by atoms with Crippen LogP contribution in [0.2, 0.25) is 0 Å². The van der Waals surface area contributed by atoms with Crippen LogP contribution in [-0.4, -0.2) is 46.8 Å². The van der Waals surface area contributed by atoms with Crippen LogP contribution in [0.15, 0.2) is 40.2 Å². The number of anilines is 1. The second-order valence-electron chi connectivity index (χ2n) is 6.99. The first-order chi connectivity index (χ1) is 13.0. The third kappa shape index (κ3) is 5.20. The van der Waals surface area contributed by atoms with Crippen molar-refractivity contribution in [2.24, 2.45) is 0 Å². The number of hydrogen-bond donors (Lipinski definition) is 1. The van der Waals surface area contributed by atoms with Crippen molar-refractivity contribution in [3.63, 3.8) is 0 Å². The summed E-state index contributed by atoms with van der Waals surface area (Å²) >= 11 is 1.36. The summed E-state index contributed by atoms with van der Waals surface area (Å²) in [5.41, 5.74) is 2.84. The van der Waals surface area contributed by atoms with Gasteiger partial charge in [-0.1, -0.05) is 30.0 Å². The molecule has 0 atom stereocenters. The Bertz CT molecular complexity index is 849. The van der Waals surface area contributed by atoms with Crippen LogP contribution in [0.4, 0.5) is 5.69 Å². The molecule has 1 aliphatic rings. The van der Waals surface area contributed by atoms with E-state index < -0.39 is 0 Å². The van der Waals surface area contributed by atoms with Crippen molar-refractivity contribution in [1.29, 1.82) is 0 Å². The number of fused-ring (bicyclic) bond motifs is 1. The van der Waals surface area contributed by atoms with Crippen LogP contribution in [-0.2, 0) is 24.2 Å². The largest absolute Gasteiger partial charge is 0.348 e. The molecular formula is C20H26N4O2S. The maximum Gasteiger partial charge on any atom is 0.348 e. The quantitative estimate of drug-likeness (QED) is 0.557. The number of rotatable bonds is 8. The minimum absolute atomic E-state index is 0.0880. The summed E-state index contributed by atoms with van der Waals surface area (Å²) in [5, 5.41) is 3.59. The van der Waals surface area contributed by atoms with E-state index in [1.807, 2.05) is 49.0 Å². The Kier molecular flexibility index (Phi) is 6.68. The SMILES string of the molecule is CN(C)CCCn1c2c(c(SCC(=O)Nc3ccccc3)nc1=O)CCC2. The number of nitrogens with one attached hydrogen (secondary N) is 1. The molecule has 6 nitrogen and oxygen atoms in total. The number of hydrogen-bond acceptors (Lipinski definition) is 5. The van der Waals surface area contributed by atoms with E-state index in [-0.39, 0.29) is 17.3 Å². The number of para-hydroxylation sites is 1. The first-order valence-electron chi connectivity index (χ1n) is 9.29. The Hall–Kier alpha value is -2.12. The summed E-state index contributed by atoms with van der Waals surface area (Å²) in [7, 11) is 4.07. The van der Waals surface area contributed by atoms with E-state index >= 15 is 0 Å². The summed E-state index contributed by atoms with van der Waals surface area (Å²) in [6.07, 6.45) is 3.81. The van der Waals surface area contributed by atoms with Crippen molar-refractivity contribution >= 4 is 23.4 Å². The van der Waals surface area contributed by atoms with Gasteiger partial charge in [-0.05, 0) is 58.5 Å². The number of nitrogens with zero attached hydrogens (tertiary/aromatic N) is 3. The second kappa shape index (κ2) is 9.19. The highest BCUT2D eigenvalue weighted by Crippen LogP contribution is 2.29. The Balaban J connectivity index is 1.68. The fraction of sp³-hybridized carbons (Fsp3) is 0.450. The van der Waals surface area contributed by atoms with Crippen molar-refractivity contribution in [3.05, 3.63) is 52.1 Å². The second-order valence-corrected chi connectivity index (χ2v) is 7.95. The molecule has 0 unspecified atom stereocenters. The molecule has 0 spiro atoms. The van der Waals surface area contributed by atoms with Gasteiger partial charge in [0, 0.05) is 23.5 Å². The zero-order valence-corrected chi connectivity index (χ0v) is 16.7. The van der Waals surface area contributed by atoms with E-state index in [0.29, 0.717) is 6.54 Å². The van der Waals surface area contributed by atoms with Crippen LogP contribution in [0.5, 0.6) is 0 Å². The molecule has 3 rings (SSSR count). The summed E-state index contributed by atoms with van der Waals surface area (Å²) in [4.78, 5) is 31.1. The third-order valence-corrected chi connectivity index (χ3v) is 5.60. The highest BCUT2D eigenvalue weighted by Gasteiger charge is 2.22. The lowest BCUT2D eigenvalue weighted by molar-refractivity contribution is -0.113. The molecule has 0 radical (unpaired) electrons. The van der Waals surface area contributed by atoms with Gasteiger partial charge in [0.15, 0.2) is 0 Å². The van der Waals surface area contributed by atoms with Gasteiger partial charge < -0.3 is 10.2 Å². The zero-order valence-electron chi connectivity index (χ0n) is 15.9. The highest BCUT2D eigenvalue weighted by molar-refractivity contribution is 8.00. The average Bonchev–Trinajstić information content (AvgIpc) is 3.12. The number of carbonyl (C=O) groups is 1. The van der Waals surface area contributed by atoms with Gasteiger partial charge in [0.25, 0.3) is 0 Å². The molecule has 0 aliphatic heterocycles. The van der Waals surface area contributed by atoms with Gasteiger partial charge in [-0.2, -0.15) is 4.98 Å². The lowest BCUT2D eigenvalue weighted by atomic mass is 10.2. The molecule has 144 valence electrons. The molecule has 1 heterocycles. The predicted octanol–water partition coefficient (Wildman–Crippen LogP) is 2.41. The Labute approximate surface area is 164 Å². The number of aromatic nitrogens is 2. The van der Waals surface area contributed by atoms with Crippen LogP contribution >= 0.6 is 11.8 Å². The average molecular weight is 387 g/mol. The summed E-state index contributed by atoms with van der Waals surface area (Å²) in [6.45, 7) is 1.64. The van der Waals surface area contributed by atoms with E-state index in [0.717, 1.165) is 54.2 Å². The van der Waals surface area contributed by atoms with Gasteiger partial charge in [0.05, 0.1) is 5.75 Å². The first kappa shape index (κ1) is 19.6. The Morgan fingerprint density at radius 3 is 2.78 bits per heavy atom. The normalized spacial score (nSPS) is 13.0. The topological polar surface area (TPSA) is 67.2 Å². The van der Waals surface area contributed by atoms with Gasteiger partial charge in [0.2, 0.25) is 5.91 Å². The van der Waals surface area contributed by atoms with E-state index in [9.17, 15) is 9.59 Å². The van der Waals surface area contributed by atoms with Gasteiger partial charge >= 0.3 is 5.69 Å². The smallest absolute Gasteiger partial charge is 0.325 e. The molecule has 0 saturated heterocycles. The van der Waals surface area contributed by atoms with Crippen molar-refractivity contribution in [2.45, 2.75) is 37.3 Å². The molecule has 1 aromatic carbocycles.